The van der Waals surface area contributed by atoms with Gasteiger partial charge in [0.2, 0.25) is 0 Å². The van der Waals surface area contributed by atoms with E-state index in [-0.39, 0.29) is 6.10 Å². The Morgan fingerprint density at radius 2 is 1.71 bits per heavy atom. The van der Waals surface area contributed by atoms with E-state index in [0.717, 1.165) is 42.2 Å². The van der Waals surface area contributed by atoms with E-state index in [4.69, 9.17) is 14.2 Å². The van der Waals surface area contributed by atoms with Crippen molar-refractivity contribution in [2.45, 2.75) is 31.6 Å². The summed E-state index contributed by atoms with van der Waals surface area (Å²) in [6, 6.07) is 18.3. The highest BCUT2D eigenvalue weighted by Crippen LogP contribution is 2.31. The standard InChI is InChI=1S/C23H30NO4/c25-20(15-24(12-6-7-13-24)14-19-8-2-1-3-9-19)16-26-17-21-18-27-22-10-4-5-11-23(22)28-21/h1-5,8-11,20-21,25H,6-7,12-18H2/q+1. The molecule has 5 heteroatoms. The Bertz CT molecular complexity index is 745. The molecule has 1 N–H and O–H groups in total. The molecule has 0 spiro atoms. The minimum atomic E-state index is -0.474. The van der Waals surface area contributed by atoms with E-state index in [9.17, 15) is 5.11 Å². The van der Waals surface area contributed by atoms with Crippen LogP contribution < -0.4 is 9.47 Å². The highest BCUT2D eigenvalue weighted by Gasteiger charge is 2.34. The van der Waals surface area contributed by atoms with Gasteiger partial charge in [-0.25, -0.2) is 0 Å². The van der Waals surface area contributed by atoms with Crippen molar-refractivity contribution < 1.29 is 23.8 Å². The zero-order valence-electron chi connectivity index (χ0n) is 16.3. The van der Waals surface area contributed by atoms with Crippen LogP contribution in [0.25, 0.3) is 0 Å². The number of likely N-dealkylation sites (tertiary alicyclic amines) is 1. The van der Waals surface area contributed by atoms with E-state index in [1.165, 1.54) is 18.4 Å². The zero-order valence-corrected chi connectivity index (χ0v) is 16.3. The molecular weight excluding hydrogens is 354 g/mol. The van der Waals surface area contributed by atoms with Gasteiger partial charge in [-0.05, 0) is 12.1 Å². The number of aliphatic hydroxyl groups excluding tert-OH is 1. The van der Waals surface area contributed by atoms with Gasteiger partial charge in [-0.1, -0.05) is 42.5 Å². The molecule has 0 radical (unpaired) electrons. The third kappa shape index (κ3) is 4.85. The molecule has 0 saturated carbocycles. The fraction of sp³-hybridized carbons (Fsp3) is 0.478. The molecule has 0 amide bonds. The van der Waals surface area contributed by atoms with Gasteiger partial charge in [-0.3, -0.25) is 0 Å². The average molecular weight is 384 g/mol. The van der Waals surface area contributed by atoms with Crippen LogP contribution in [0.15, 0.2) is 54.6 Å². The second-order valence-corrected chi connectivity index (χ2v) is 8.01. The van der Waals surface area contributed by atoms with Crippen LogP contribution in [0.1, 0.15) is 18.4 Å². The average Bonchev–Trinajstić information content (AvgIpc) is 3.16. The monoisotopic (exact) mass is 384 g/mol. The highest BCUT2D eigenvalue weighted by molar-refractivity contribution is 5.40. The fourth-order valence-corrected chi connectivity index (χ4v) is 4.36. The molecule has 1 saturated heterocycles. The molecule has 2 aromatic rings. The second kappa shape index (κ2) is 8.95. The first kappa shape index (κ1) is 19.2. The Balaban J connectivity index is 1.25. The molecular formula is C23H30NO4+. The lowest BCUT2D eigenvalue weighted by molar-refractivity contribution is -0.932. The van der Waals surface area contributed by atoms with Crippen LogP contribution in [-0.2, 0) is 11.3 Å². The first-order chi connectivity index (χ1) is 13.7. The lowest BCUT2D eigenvalue weighted by atomic mass is 10.1. The lowest BCUT2D eigenvalue weighted by Crippen LogP contribution is -2.50. The molecule has 2 atom stereocenters. The van der Waals surface area contributed by atoms with Crippen LogP contribution in [0.2, 0.25) is 0 Å². The summed E-state index contributed by atoms with van der Waals surface area (Å²) in [5.74, 6) is 1.53. The van der Waals surface area contributed by atoms with Crippen LogP contribution in [0, 0.1) is 0 Å². The first-order valence-corrected chi connectivity index (χ1v) is 10.3. The SMILES string of the molecule is OC(COCC1COc2ccccc2O1)C[N+]1(Cc2ccccc2)CCCC1. The summed E-state index contributed by atoms with van der Waals surface area (Å²) < 4.78 is 18.4. The number of benzene rings is 2. The zero-order chi connectivity index (χ0) is 19.2. The quantitative estimate of drug-likeness (QED) is 0.711. The predicted octanol–water partition coefficient (Wildman–Crippen LogP) is 3.01. The highest BCUT2D eigenvalue weighted by atomic mass is 16.6. The van der Waals surface area contributed by atoms with Crippen LogP contribution >= 0.6 is 0 Å². The van der Waals surface area contributed by atoms with E-state index in [0.29, 0.717) is 19.8 Å². The Morgan fingerprint density at radius 3 is 2.50 bits per heavy atom. The summed E-state index contributed by atoms with van der Waals surface area (Å²) in [5, 5.41) is 10.6. The van der Waals surface area contributed by atoms with Crippen LogP contribution in [0.3, 0.4) is 0 Å². The number of fused-ring (bicyclic) bond motifs is 1. The van der Waals surface area contributed by atoms with E-state index < -0.39 is 6.10 Å². The Labute approximate surface area is 167 Å². The van der Waals surface area contributed by atoms with E-state index in [2.05, 4.69) is 30.3 Å². The van der Waals surface area contributed by atoms with Gasteiger partial charge in [0.1, 0.15) is 25.8 Å². The van der Waals surface area contributed by atoms with Gasteiger partial charge in [0.25, 0.3) is 0 Å². The van der Waals surface area contributed by atoms with Crippen molar-refractivity contribution in [1.29, 1.82) is 0 Å². The van der Waals surface area contributed by atoms with Crippen molar-refractivity contribution in [3.8, 4) is 11.5 Å². The summed E-state index contributed by atoms with van der Waals surface area (Å²) in [4.78, 5) is 0. The normalized spacial score (nSPS) is 21.4. The van der Waals surface area contributed by atoms with Crippen molar-refractivity contribution in [3.63, 3.8) is 0 Å². The van der Waals surface area contributed by atoms with Gasteiger partial charge in [-0.15, -0.1) is 0 Å². The van der Waals surface area contributed by atoms with Crippen LogP contribution in [-0.4, -0.2) is 61.3 Å². The van der Waals surface area contributed by atoms with Crippen molar-refractivity contribution in [2.24, 2.45) is 0 Å². The molecule has 2 aliphatic rings. The smallest absolute Gasteiger partial charge is 0.161 e. The molecule has 0 aliphatic carbocycles. The van der Waals surface area contributed by atoms with Gasteiger partial charge in [0, 0.05) is 18.4 Å². The summed E-state index contributed by atoms with van der Waals surface area (Å²) in [6.07, 6.45) is 1.85. The molecule has 150 valence electrons. The number of rotatable bonds is 8. The number of hydrogen-bond acceptors (Lipinski definition) is 4. The van der Waals surface area contributed by atoms with Crippen molar-refractivity contribution in [3.05, 3.63) is 60.2 Å². The number of hydrogen-bond donors (Lipinski definition) is 1. The maximum atomic E-state index is 10.6. The van der Waals surface area contributed by atoms with Crippen LogP contribution in [0.4, 0.5) is 0 Å². The lowest BCUT2D eigenvalue weighted by Gasteiger charge is -2.36. The van der Waals surface area contributed by atoms with Crippen molar-refractivity contribution >= 4 is 0 Å². The summed E-state index contributed by atoms with van der Waals surface area (Å²) in [7, 11) is 0. The van der Waals surface area contributed by atoms with E-state index in [1.54, 1.807) is 0 Å². The van der Waals surface area contributed by atoms with Gasteiger partial charge >= 0.3 is 0 Å². The largest absolute Gasteiger partial charge is 0.486 e. The summed E-state index contributed by atoms with van der Waals surface area (Å²) >= 11 is 0. The Morgan fingerprint density at radius 1 is 1.00 bits per heavy atom. The maximum absolute atomic E-state index is 10.6. The maximum Gasteiger partial charge on any atom is 0.161 e. The van der Waals surface area contributed by atoms with Crippen molar-refractivity contribution in [1.82, 2.24) is 0 Å². The molecule has 2 aliphatic heterocycles. The van der Waals surface area contributed by atoms with Gasteiger partial charge in [-0.2, -0.15) is 0 Å². The molecule has 1 fully saturated rings. The second-order valence-electron chi connectivity index (χ2n) is 8.01. The third-order valence-corrected chi connectivity index (χ3v) is 5.66. The van der Waals surface area contributed by atoms with Gasteiger partial charge in [0.05, 0.1) is 26.3 Å². The molecule has 0 aromatic heterocycles. The number of para-hydroxylation sites is 2. The molecule has 2 aromatic carbocycles. The molecule has 0 bridgehead atoms. The number of nitrogens with zero attached hydrogens (tertiary/aromatic N) is 1. The fourth-order valence-electron chi connectivity index (χ4n) is 4.36. The summed E-state index contributed by atoms with van der Waals surface area (Å²) in [6.45, 7) is 5.19. The number of quaternary nitrogens is 1. The first-order valence-electron chi connectivity index (χ1n) is 10.3. The van der Waals surface area contributed by atoms with Crippen LogP contribution in [0.5, 0.6) is 11.5 Å². The van der Waals surface area contributed by atoms with E-state index >= 15 is 0 Å². The van der Waals surface area contributed by atoms with E-state index in [1.807, 2.05) is 24.3 Å². The molecule has 4 rings (SSSR count). The summed E-state index contributed by atoms with van der Waals surface area (Å²) in [5.41, 5.74) is 1.34. The number of aliphatic hydroxyl groups is 1. The van der Waals surface area contributed by atoms with Gasteiger partial charge in [0.15, 0.2) is 17.6 Å². The molecule has 2 unspecified atom stereocenters. The molecule has 28 heavy (non-hydrogen) atoms. The predicted molar refractivity (Wildman–Crippen MR) is 107 cm³/mol. The Hall–Kier alpha value is -2.08. The molecule has 5 nitrogen and oxygen atoms in total. The minimum absolute atomic E-state index is 0.138. The third-order valence-electron chi connectivity index (χ3n) is 5.66. The molecule has 2 heterocycles. The van der Waals surface area contributed by atoms with Crippen molar-refractivity contribution in [2.75, 3.05) is 39.5 Å². The number of ether oxygens (including phenoxy) is 3. The Kier molecular flexibility index (Phi) is 6.15. The topological polar surface area (TPSA) is 47.9 Å². The minimum Gasteiger partial charge on any atom is -0.486 e. The van der Waals surface area contributed by atoms with Gasteiger partial charge < -0.3 is 23.8 Å².